The first-order valence-corrected chi connectivity index (χ1v) is 7.07. The third-order valence-electron chi connectivity index (χ3n) is 2.99. The highest BCUT2D eigenvalue weighted by molar-refractivity contribution is 5.08. The van der Waals surface area contributed by atoms with Crippen molar-refractivity contribution in [1.29, 1.82) is 0 Å². The summed E-state index contributed by atoms with van der Waals surface area (Å²) in [5, 5.41) is 8.09. The van der Waals surface area contributed by atoms with Gasteiger partial charge in [0, 0.05) is 19.9 Å². The van der Waals surface area contributed by atoms with Crippen molar-refractivity contribution in [2.75, 3.05) is 13.2 Å². The highest BCUT2D eigenvalue weighted by Crippen LogP contribution is 2.21. The molecular weight excluding hydrogens is 226 g/mol. The van der Waals surface area contributed by atoms with Crippen molar-refractivity contribution in [2.24, 2.45) is 7.05 Å². The van der Waals surface area contributed by atoms with Crippen molar-refractivity contribution in [2.45, 2.75) is 52.2 Å². The highest BCUT2D eigenvalue weighted by atomic mass is 16.5. The van der Waals surface area contributed by atoms with Crippen molar-refractivity contribution < 1.29 is 4.74 Å². The lowest BCUT2D eigenvalue weighted by Gasteiger charge is -2.26. The first-order chi connectivity index (χ1) is 8.72. The fourth-order valence-corrected chi connectivity index (χ4v) is 2.17. The average Bonchev–Trinajstić information content (AvgIpc) is 2.77. The second-order valence-electron chi connectivity index (χ2n) is 4.63. The molecule has 1 aromatic heterocycles. The Labute approximate surface area is 111 Å². The first kappa shape index (κ1) is 15.2. The number of aryl methyl sites for hydroxylation is 1. The Morgan fingerprint density at radius 2 is 2.11 bits per heavy atom. The quantitative estimate of drug-likeness (QED) is 0.735. The van der Waals surface area contributed by atoms with E-state index in [1.54, 1.807) is 0 Å². The van der Waals surface area contributed by atoms with Gasteiger partial charge in [-0.05, 0) is 32.4 Å². The van der Waals surface area contributed by atoms with Crippen LogP contribution in [0.2, 0.25) is 0 Å². The highest BCUT2D eigenvalue weighted by Gasteiger charge is 2.24. The number of hydrogen-bond donors (Lipinski definition) is 1. The molecule has 1 rings (SSSR count). The Bertz CT molecular complexity index is 319. The summed E-state index contributed by atoms with van der Waals surface area (Å²) in [7, 11) is 1.95. The summed E-state index contributed by atoms with van der Waals surface area (Å²) < 4.78 is 7.75. The minimum absolute atomic E-state index is 0.200. The van der Waals surface area contributed by atoms with Gasteiger partial charge >= 0.3 is 0 Å². The van der Waals surface area contributed by atoms with E-state index in [-0.39, 0.29) is 12.1 Å². The number of nitrogens with one attached hydrogen (secondary N) is 1. The number of nitrogens with zero attached hydrogens (tertiary/aromatic N) is 2. The summed E-state index contributed by atoms with van der Waals surface area (Å²) >= 11 is 0. The van der Waals surface area contributed by atoms with Crippen LogP contribution in [0, 0.1) is 0 Å². The molecule has 0 aliphatic rings. The minimum Gasteiger partial charge on any atom is -0.376 e. The molecule has 0 aliphatic heterocycles. The smallest absolute Gasteiger partial charge is 0.0820 e. The van der Waals surface area contributed by atoms with Crippen LogP contribution in [0.5, 0.6) is 0 Å². The van der Waals surface area contributed by atoms with E-state index in [4.69, 9.17) is 4.74 Å². The van der Waals surface area contributed by atoms with Crippen LogP contribution in [-0.4, -0.2) is 29.0 Å². The van der Waals surface area contributed by atoms with E-state index in [9.17, 15) is 0 Å². The van der Waals surface area contributed by atoms with Gasteiger partial charge in [0.25, 0.3) is 0 Å². The molecule has 0 bridgehead atoms. The van der Waals surface area contributed by atoms with Crippen molar-refractivity contribution in [1.82, 2.24) is 15.1 Å². The third kappa shape index (κ3) is 4.42. The molecule has 0 spiro atoms. The molecule has 4 nitrogen and oxygen atoms in total. The fourth-order valence-electron chi connectivity index (χ4n) is 2.17. The number of rotatable bonds is 9. The van der Waals surface area contributed by atoms with Crippen LogP contribution in [0.25, 0.3) is 0 Å². The van der Waals surface area contributed by atoms with Crippen molar-refractivity contribution >= 4 is 0 Å². The second-order valence-corrected chi connectivity index (χ2v) is 4.63. The Morgan fingerprint density at radius 1 is 1.33 bits per heavy atom. The Hall–Kier alpha value is -0.870. The van der Waals surface area contributed by atoms with E-state index in [1.165, 1.54) is 0 Å². The maximum Gasteiger partial charge on any atom is 0.0820 e. The van der Waals surface area contributed by atoms with Crippen molar-refractivity contribution in [3.63, 3.8) is 0 Å². The number of aromatic nitrogens is 2. The van der Waals surface area contributed by atoms with Gasteiger partial charge in [0.15, 0.2) is 0 Å². The SMILES string of the molecule is CCCNC(c1ccn(C)n1)C(CCC)OCC. The molecule has 0 amide bonds. The fraction of sp³-hybridized carbons (Fsp3) is 0.786. The lowest BCUT2D eigenvalue weighted by Crippen LogP contribution is -2.35. The first-order valence-electron chi connectivity index (χ1n) is 7.07. The summed E-state index contributed by atoms with van der Waals surface area (Å²) in [6.45, 7) is 8.17. The normalized spacial score (nSPS) is 14.7. The van der Waals surface area contributed by atoms with Crippen LogP contribution in [0.1, 0.15) is 51.8 Å². The monoisotopic (exact) mass is 253 g/mol. The Morgan fingerprint density at radius 3 is 2.61 bits per heavy atom. The van der Waals surface area contributed by atoms with Gasteiger partial charge in [-0.25, -0.2) is 0 Å². The molecule has 0 radical (unpaired) electrons. The van der Waals surface area contributed by atoms with Crippen LogP contribution in [0.4, 0.5) is 0 Å². The molecule has 2 atom stereocenters. The Balaban J connectivity index is 2.80. The predicted molar refractivity (Wildman–Crippen MR) is 74.6 cm³/mol. The lowest BCUT2D eigenvalue weighted by molar-refractivity contribution is 0.0264. The molecule has 104 valence electrons. The lowest BCUT2D eigenvalue weighted by atomic mass is 10.0. The molecule has 4 heteroatoms. The van der Waals surface area contributed by atoms with Crippen LogP contribution in [-0.2, 0) is 11.8 Å². The largest absolute Gasteiger partial charge is 0.376 e. The van der Waals surface area contributed by atoms with Gasteiger partial charge in [-0.3, -0.25) is 4.68 Å². The topological polar surface area (TPSA) is 39.1 Å². The van der Waals surface area contributed by atoms with E-state index in [0.29, 0.717) is 0 Å². The maximum absolute atomic E-state index is 5.89. The van der Waals surface area contributed by atoms with Crippen LogP contribution >= 0.6 is 0 Å². The van der Waals surface area contributed by atoms with Gasteiger partial charge in [0.2, 0.25) is 0 Å². The van der Waals surface area contributed by atoms with Gasteiger partial charge in [-0.15, -0.1) is 0 Å². The van der Waals surface area contributed by atoms with E-state index < -0.39 is 0 Å². The van der Waals surface area contributed by atoms with E-state index >= 15 is 0 Å². The number of hydrogen-bond acceptors (Lipinski definition) is 3. The summed E-state index contributed by atoms with van der Waals surface area (Å²) in [5.74, 6) is 0. The van der Waals surface area contributed by atoms with Gasteiger partial charge in [0.1, 0.15) is 0 Å². The number of ether oxygens (including phenoxy) is 1. The summed E-state index contributed by atoms with van der Waals surface area (Å²) in [6, 6.07) is 2.28. The molecule has 2 unspecified atom stereocenters. The molecule has 18 heavy (non-hydrogen) atoms. The van der Waals surface area contributed by atoms with E-state index in [2.05, 4.69) is 37.3 Å². The summed E-state index contributed by atoms with van der Waals surface area (Å²) in [5.41, 5.74) is 1.08. The predicted octanol–water partition coefficient (Wildman–Crippen LogP) is 2.67. The minimum atomic E-state index is 0.200. The molecule has 0 saturated carbocycles. The van der Waals surface area contributed by atoms with Gasteiger partial charge in [-0.1, -0.05) is 20.3 Å². The second kappa shape index (κ2) is 8.27. The molecular formula is C14H27N3O. The summed E-state index contributed by atoms with van der Waals surface area (Å²) in [6.07, 6.45) is 5.51. The Kier molecular flexibility index (Phi) is 6.98. The molecule has 0 saturated heterocycles. The van der Waals surface area contributed by atoms with Gasteiger partial charge < -0.3 is 10.1 Å². The zero-order valence-corrected chi connectivity index (χ0v) is 12.1. The maximum atomic E-state index is 5.89. The van der Waals surface area contributed by atoms with Crippen LogP contribution < -0.4 is 5.32 Å². The van der Waals surface area contributed by atoms with Gasteiger partial charge in [0.05, 0.1) is 17.8 Å². The molecule has 1 N–H and O–H groups in total. The molecule has 1 heterocycles. The average molecular weight is 253 g/mol. The van der Waals surface area contributed by atoms with E-state index in [0.717, 1.165) is 38.1 Å². The van der Waals surface area contributed by atoms with E-state index in [1.807, 2.05) is 17.9 Å². The van der Waals surface area contributed by atoms with Crippen LogP contribution in [0.15, 0.2) is 12.3 Å². The zero-order valence-electron chi connectivity index (χ0n) is 12.1. The third-order valence-corrected chi connectivity index (χ3v) is 2.99. The molecule has 1 aromatic rings. The molecule has 0 aromatic carbocycles. The molecule has 0 fully saturated rings. The standard InChI is InChI=1S/C14H27N3O/c1-5-8-13(18-7-3)14(15-10-6-2)12-9-11-17(4)16-12/h9,11,13-15H,5-8,10H2,1-4H3. The van der Waals surface area contributed by atoms with Crippen molar-refractivity contribution in [3.05, 3.63) is 18.0 Å². The molecule has 0 aliphatic carbocycles. The summed E-state index contributed by atoms with van der Waals surface area (Å²) in [4.78, 5) is 0. The zero-order chi connectivity index (χ0) is 13.4. The van der Waals surface area contributed by atoms with Gasteiger partial charge in [-0.2, -0.15) is 5.10 Å². The van der Waals surface area contributed by atoms with Crippen molar-refractivity contribution in [3.8, 4) is 0 Å². The van der Waals surface area contributed by atoms with Crippen LogP contribution in [0.3, 0.4) is 0 Å².